The van der Waals surface area contributed by atoms with Gasteiger partial charge in [0, 0.05) is 98.1 Å². The molecule has 0 aliphatic heterocycles. The Morgan fingerprint density at radius 1 is 0.213 bits per heavy atom. The highest BCUT2D eigenvalue weighted by Gasteiger charge is 2.22. The van der Waals surface area contributed by atoms with Crippen LogP contribution in [-0.4, -0.2) is 0 Å². The van der Waals surface area contributed by atoms with Crippen molar-refractivity contribution in [3.8, 4) is 101 Å². The van der Waals surface area contributed by atoms with Gasteiger partial charge in [-0.3, -0.25) is 0 Å². The first-order chi connectivity index (χ1) is 53.7. The number of rotatable bonds is 9. The van der Waals surface area contributed by atoms with Crippen LogP contribution < -0.4 is 18.3 Å². The summed E-state index contributed by atoms with van der Waals surface area (Å²) in [5, 5.41) is 0. The lowest BCUT2D eigenvalue weighted by molar-refractivity contribution is -0.660. The highest BCUT2D eigenvalue weighted by atomic mass is 14.9. The zero-order chi connectivity index (χ0) is 84.2. The standard InChI is InChI=1S/C27H26N.C22H24N.C21H22N.C20H20N/c1-19-15-20(2)26(16-24(19)22-11-7-5-8-12-22)27-17-25(21(3)18-28(27)4)23-13-9-6-10-14-23;1-15-12-22(23(5)14-18(15)4)21-13-20(16(2)11-17(21)3)19-9-7-6-8-10-19;1-15-10-11-21(22(4)14-15)20-13-19(16(2)12-17(20)3)18-8-6-5-7-9-18;1-15-13-16(2)19(20-11-7-8-12-21(20)3)14-18(15)17-9-5-4-6-10-17/h5-18H,1-4H3;6-14H,1-5H3;5-14H,1-4H3;4-14H,1-3H3/q4*+1/i1D3,3D3;2D3,4D3;1D3,2D3;1D3. The van der Waals surface area contributed by atoms with Gasteiger partial charge in [-0.25, -0.2) is 18.3 Å². The first-order valence-corrected chi connectivity index (χ1v) is 31.1. The van der Waals surface area contributed by atoms with Crippen molar-refractivity contribution in [1.29, 1.82) is 0 Å². The van der Waals surface area contributed by atoms with Gasteiger partial charge in [0.2, 0.25) is 22.8 Å². The zero-order valence-electron chi connectivity index (χ0n) is 75.7. The van der Waals surface area contributed by atoms with Crippen LogP contribution in [-0.2, 0) is 28.2 Å². The maximum atomic E-state index is 8.09. The lowest BCUT2D eigenvalue weighted by Gasteiger charge is -2.13. The molecule has 0 radical (unpaired) electrons. The van der Waals surface area contributed by atoms with E-state index < -0.39 is 48.0 Å². The molecule has 0 fully saturated rings. The predicted octanol–water partition coefficient (Wildman–Crippen LogP) is 20.7. The largest absolute Gasteiger partial charge is 0.213 e. The Balaban J connectivity index is 0.000000163. The molecule has 0 spiro atoms. The number of benzene rings is 9. The van der Waals surface area contributed by atoms with Crippen molar-refractivity contribution in [3.05, 3.63) is 334 Å². The van der Waals surface area contributed by atoms with Crippen LogP contribution >= 0.6 is 0 Å². The van der Waals surface area contributed by atoms with Crippen molar-refractivity contribution in [2.75, 3.05) is 0 Å². The van der Waals surface area contributed by atoms with Crippen molar-refractivity contribution in [1.82, 2.24) is 0 Å². The van der Waals surface area contributed by atoms with Gasteiger partial charge < -0.3 is 0 Å². The van der Waals surface area contributed by atoms with Gasteiger partial charge in [-0.05, 0) is 225 Å². The van der Waals surface area contributed by atoms with E-state index in [2.05, 4.69) is 0 Å². The number of aromatic nitrogens is 4. The van der Waals surface area contributed by atoms with Gasteiger partial charge in [-0.2, -0.15) is 0 Å². The Bertz CT molecular complexity index is 5530. The highest BCUT2D eigenvalue weighted by Crippen LogP contribution is 2.37. The summed E-state index contributed by atoms with van der Waals surface area (Å²) in [6.07, 6.45) is 6.89. The van der Waals surface area contributed by atoms with E-state index in [-0.39, 0.29) is 11.1 Å². The molecular weight excluding hydrogens is 1140 g/mol. The summed E-state index contributed by atoms with van der Waals surface area (Å²) in [5.74, 6) is 0. The monoisotopic (exact) mass is 1250 g/mol. The van der Waals surface area contributed by atoms with Crippen molar-refractivity contribution >= 4 is 0 Å². The molecule has 4 nitrogen and oxygen atoms in total. The van der Waals surface area contributed by atoms with Gasteiger partial charge in [0.1, 0.15) is 28.2 Å². The third-order valence-corrected chi connectivity index (χ3v) is 16.9. The molecule has 4 heterocycles. The maximum Gasteiger partial charge on any atom is 0.213 e. The van der Waals surface area contributed by atoms with E-state index in [9.17, 15) is 0 Å². The molecule has 4 aromatic heterocycles. The molecule has 0 aliphatic rings. The van der Waals surface area contributed by atoms with Crippen molar-refractivity contribution in [2.45, 2.75) is 82.6 Å². The van der Waals surface area contributed by atoms with Crippen molar-refractivity contribution in [2.24, 2.45) is 28.2 Å². The van der Waals surface area contributed by atoms with E-state index in [1.807, 2.05) is 266 Å². The third-order valence-electron chi connectivity index (χ3n) is 16.9. The fraction of sp³-hybridized carbons (Fsp3) is 0.178. The second kappa shape index (κ2) is 29.9. The Kier molecular flexibility index (Phi) is 14.1. The number of nitrogens with zero attached hydrogens (tertiary/aromatic N) is 4. The number of pyridine rings is 4. The fourth-order valence-corrected chi connectivity index (χ4v) is 11.8. The van der Waals surface area contributed by atoms with Gasteiger partial charge in [0.15, 0.2) is 24.8 Å². The van der Waals surface area contributed by atoms with Crippen LogP contribution in [0.25, 0.3) is 101 Å². The van der Waals surface area contributed by atoms with Gasteiger partial charge in [0.05, 0.1) is 0 Å². The lowest BCUT2D eigenvalue weighted by Crippen LogP contribution is -2.31. The Hall–Kier alpha value is -10.4. The van der Waals surface area contributed by atoms with Crippen LogP contribution in [0.3, 0.4) is 0 Å². The molecule has 4 heteroatoms. The lowest BCUT2D eigenvalue weighted by atomic mass is 9.92. The Morgan fingerprint density at radius 3 is 0.862 bits per heavy atom. The smallest absolute Gasteiger partial charge is 0.201 e. The summed E-state index contributed by atoms with van der Waals surface area (Å²) >= 11 is 0. The molecule has 13 aromatic rings. The van der Waals surface area contributed by atoms with E-state index in [0.717, 1.165) is 101 Å². The Morgan fingerprint density at radius 2 is 0.521 bits per heavy atom. The normalized spacial score (nSPS) is 15.0. The molecule has 0 aliphatic carbocycles. The predicted molar refractivity (Wildman–Crippen MR) is 396 cm³/mol. The molecule has 9 aromatic carbocycles. The third kappa shape index (κ3) is 15.4. The molecule has 0 bridgehead atoms. The Labute approximate surface area is 590 Å². The van der Waals surface area contributed by atoms with E-state index in [0.29, 0.717) is 55.6 Å². The molecule has 13 rings (SSSR count). The molecule has 0 unspecified atom stereocenters. The second-order valence-electron chi connectivity index (χ2n) is 23.8. The minimum atomic E-state index is -2.28. The van der Waals surface area contributed by atoms with E-state index >= 15 is 0 Å². The van der Waals surface area contributed by atoms with Gasteiger partial charge in [-0.1, -0.05) is 176 Å². The molecule has 468 valence electrons. The average Bonchev–Trinajstić information content (AvgIpc) is 0.768. The van der Waals surface area contributed by atoms with Crippen LogP contribution in [0, 0.1) is 82.6 Å². The molecule has 94 heavy (non-hydrogen) atoms. The van der Waals surface area contributed by atoms with Gasteiger partial charge in [0.25, 0.3) is 0 Å². The molecular formula is C90H92N4+4. The van der Waals surface area contributed by atoms with E-state index in [1.54, 1.807) is 82.7 Å². The molecule has 0 saturated heterocycles. The maximum absolute atomic E-state index is 8.09. The van der Waals surface area contributed by atoms with E-state index in [1.165, 1.54) is 0 Å². The van der Waals surface area contributed by atoms with Crippen LogP contribution in [0.1, 0.15) is 95.5 Å². The minimum absolute atomic E-state index is 0.263. The minimum Gasteiger partial charge on any atom is -0.201 e. The topological polar surface area (TPSA) is 15.5 Å². The van der Waals surface area contributed by atoms with Crippen molar-refractivity contribution < 1.29 is 47.1 Å². The molecule has 0 atom stereocenters. The quantitative estimate of drug-likeness (QED) is 0.128. The highest BCUT2D eigenvalue weighted by molar-refractivity contribution is 5.80. The summed E-state index contributed by atoms with van der Waals surface area (Å²) in [7, 11) is 7.42. The second-order valence-corrected chi connectivity index (χ2v) is 23.8. The fourth-order valence-electron chi connectivity index (χ4n) is 11.8. The zero-order valence-corrected chi connectivity index (χ0v) is 54.7. The number of aryl methyl sites for hydroxylation is 16. The first kappa shape index (κ1) is 44.2. The first-order valence-electron chi connectivity index (χ1n) is 41.6. The summed E-state index contributed by atoms with van der Waals surface area (Å²) in [6.45, 7) is -6.13. The SMILES string of the molecule is [2H]C([2H])([2H])c1c[n+](C)c(-c2cc(-c3ccccc3)c(C([2H])([2H])[2H])cc2C)cc1C.[2H]C([2H])([2H])c1cc(C)c(-c2cc(-c3ccccc3)c(C([2H])([2H])[2H])c[n+]2C)cc1-c1ccccc1.[2H]C([2H])([2H])c1cc(C)c(-c2cccc[n+]2C)cc1-c1ccccc1.[2H]C([2H])([2H])c1ccc(-c2cc(-c3ccccc3)c(C([2H])([2H])[2H])cc2C)[n+](C)c1. The molecule has 0 saturated carbocycles. The average molecular weight is 1250 g/mol. The number of hydrogen-bond donors (Lipinski definition) is 0. The number of hydrogen-bond acceptors (Lipinski definition) is 0. The van der Waals surface area contributed by atoms with E-state index in [4.69, 9.17) is 28.8 Å². The summed E-state index contributed by atoms with van der Waals surface area (Å²) in [4.78, 5) is 0. The van der Waals surface area contributed by atoms with Crippen LogP contribution in [0.2, 0.25) is 0 Å². The summed E-state index contributed by atoms with van der Waals surface area (Å²) in [5.41, 5.74) is 21.0. The molecule has 0 amide bonds. The van der Waals surface area contributed by atoms with Gasteiger partial charge >= 0.3 is 0 Å². The van der Waals surface area contributed by atoms with Crippen molar-refractivity contribution in [3.63, 3.8) is 0 Å². The van der Waals surface area contributed by atoms with Gasteiger partial charge in [-0.15, -0.1) is 0 Å². The molecule has 0 N–H and O–H groups in total. The van der Waals surface area contributed by atoms with Crippen LogP contribution in [0.5, 0.6) is 0 Å². The summed E-state index contributed by atoms with van der Waals surface area (Å²) in [6, 6.07) is 75.3. The van der Waals surface area contributed by atoms with Crippen LogP contribution in [0.15, 0.2) is 267 Å². The summed E-state index contributed by atoms with van der Waals surface area (Å²) < 4.78 is 173. The van der Waals surface area contributed by atoms with Crippen LogP contribution in [0.4, 0.5) is 0 Å².